The van der Waals surface area contributed by atoms with Crippen molar-refractivity contribution in [3.63, 3.8) is 0 Å². The van der Waals surface area contributed by atoms with Crippen LogP contribution >= 0.6 is 12.4 Å². The second-order valence-electron chi connectivity index (χ2n) is 5.37. The molecule has 0 bridgehead atoms. The molecular formula is C14H20ClNO3. The molecule has 2 rings (SSSR count). The Morgan fingerprint density at radius 3 is 2.74 bits per heavy atom. The minimum atomic E-state index is -0.362. The summed E-state index contributed by atoms with van der Waals surface area (Å²) in [5, 5.41) is 2.88. The van der Waals surface area contributed by atoms with Crippen LogP contribution in [-0.2, 0) is 4.74 Å². The molecule has 1 saturated heterocycles. The maximum Gasteiger partial charge on any atom is 0.407 e. The molecule has 1 amide bonds. The molecule has 1 aromatic rings. The fraction of sp³-hybridized carbons (Fsp3) is 0.500. The van der Waals surface area contributed by atoms with Crippen LogP contribution in [0.25, 0.3) is 0 Å². The van der Waals surface area contributed by atoms with E-state index >= 15 is 0 Å². The van der Waals surface area contributed by atoms with Crippen molar-refractivity contribution in [1.29, 1.82) is 0 Å². The summed E-state index contributed by atoms with van der Waals surface area (Å²) in [7, 11) is 1.65. The van der Waals surface area contributed by atoms with Crippen LogP contribution < -0.4 is 10.1 Å². The lowest BCUT2D eigenvalue weighted by Crippen LogP contribution is -2.46. The van der Waals surface area contributed by atoms with E-state index in [1.54, 1.807) is 7.11 Å². The Kier molecular flexibility index (Phi) is 4.69. The Balaban J connectivity index is 0.00000180. The van der Waals surface area contributed by atoms with Crippen LogP contribution in [0.1, 0.15) is 31.0 Å². The second-order valence-corrected chi connectivity index (χ2v) is 5.37. The molecule has 0 aromatic heterocycles. The molecule has 4 nitrogen and oxygen atoms in total. The van der Waals surface area contributed by atoms with Crippen molar-refractivity contribution in [2.75, 3.05) is 13.7 Å². The number of ether oxygens (including phenoxy) is 2. The molecule has 1 aromatic carbocycles. The Morgan fingerprint density at radius 2 is 2.11 bits per heavy atom. The number of halogens is 1. The van der Waals surface area contributed by atoms with Crippen molar-refractivity contribution >= 4 is 18.5 Å². The van der Waals surface area contributed by atoms with E-state index in [0.717, 1.165) is 16.9 Å². The number of aryl methyl sites for hydroxylation is 1. The molecule has 1 fully saturated rings. The number of cyclic esters (lactones) is 1. The van der Waals surface area contributed by atoms with Crippen LogP contribution in [0.3, 0.4) is 0 Å². The number of rotatable bonds is 2. The van der Waals surface area contributed by atoms with Crippen molar-refractivity contribution in [2.45, 2.75) is 26.8 Å². The maximum absolute atomic E-state index is 11.4. The summed E-state index contributed by atoms with van der Waals surface area (Å²) >= 11 is 0. The molecule has 5 heteroatoms. The van der Waals surface area contributed by atoms with Gasteiger partial charge in [0.05, 0.1) is 13.2 Å². The van der Waals surface area contributed by atoms with Crippen molar-refractivity contribution in [2.24, 2.45) is 5.41 Å². The number of hydrogen-bond acceptors (Lipinski definition) is 3. The van der Waals surface area contributed by atoms with Gasteiger partial charge in [-0.05, 0) is 24.1 Å². The number of hydrogen-bond donors (Lipinski definition) is 1. The van der Waals surface area contributed by atoms with Crippen LogP contribution in [0.4, 0.5) is 4.79 Å². The fourth-order valence-electron chi connectivity index (χ4n) is 2.24. The molecule has 0 radical (unpaired) electrons. The summed E-state index contributed by atoms with van der Waals surface area (Å²) in [4.78, 5) is 11.4. The molecule has 19 heavy (non-hydrogen) atoms. The lowest BCUT2D eigenvalue weighted by molar-refractivity contribution is 0.0387. The number of benzene rings is 1. The molecule has 1 aliphatic heterocycles. The third-order valence-corrected chi connectivity index (χ3v) is 3.38. The topological polar surface area (TPSA) is 47.6 Å². The van der Waals surface area contributed by atoms with Gasteiger partial charge in [0, 0.05) is 5.41 Å². The van der Waals surface area contributed by atoms with E-state index in [0.29, 0.717) is 6.61 Å². The Morgan fingerprint density at radius 1 is 1.42 bits per heavy atom. The Bertz CT molecular complexity index is 474. The maximum atomic E-state index is 11.4. The van der Waals surface area contributed by atoms with Gasteiger partial charge < -0.3 is 14.8 Å². The van der Waals surface area contributed by atoms with E-state index < -0.39 is 0 Å². The van der Waals surface area contributed by atoms with E-state index in [1.807, 2.05) is 25.1 Å². The lowest BCUT2D eigenvalue weighted by atomic mass is 9.80. The molecule has 0 spiro atoms. The lowest BCUT2D eigenvalue weighted by Gasteiger charge is -2.38. The molecular weight excluding hydrogens is 266 g/mol. The van der Waals surface area contributed by atoms with Crippen molar-refractivity contribution in [3.8, 4) is 5.75 Å². The third kappa shape index (κ3) is 3.13. The minimum absolute atomic E-state index is 0. The van der Waals surface area contributed by atoms with E-state index in [9.17, 15) is 4.79 Å². The van der Waals surface area contributed by atoms with Gasteiger partial charge in [-0.15, -0.1) is 12.4 Å². The fourth-order valence-corrected chi connectivity index (χ4v) is 2.24. The summed E-state index contributed by atoms with van der Waals surface area (Å²) < 4.78 is 10.4. The highest BCUT2D eigenvalue weighted by Gasteiger charge is 2.38. The number of nitrogens with one attached hydrogen (secondary N) is 1. The number of amides is 1. The van der Waals surface area contributed by atoms with Crippen LogP contribution in [0.15, 0.2) is 18.2 Å². The van der Waals surface area contributed by atoms with Crippen LogP contribution in [0, 0.1) is 12.3 Å². The quantitative estimate of drug-likeness (QED) is 0.907. The molecule has 0 saturated carbocycles. The number of alkyl carbamates (subject to hydrolysis) is 1. The first-order chi connectivity index (χ1) is 8.44. The average molecular weight is 286 g/mol. The summed E-state index contributed by atoms with van der Waals surface area (Å²) in [5.41, 5.74) is 1.98. The largest absolute Gasteiger partial charge is 0.496 e. The van der Waals surface area contributed by atoms with Gasteiger partial charge in [-0.2, -0.15) is 0 Å². The first kappa shape index (κ1) is 15.6. The Labute approximate surface area is 119 Å². The number of carbonyl (C=O) groups excluding carboxylic acids is 1. The van der Waals surface area contributed by atoms with Crippen LogP contribution in [0.5, 0.6) is 5.75 Å². The van der Waals surface area contributed by atoms with E-state index in [4.69, 9.17) is 9.47 Å². The zero-order valence-electron chi connectivity index (χ0n) is 11.6. The van der Waals surface area contributed by atoms with Gasteiger partial charge in [-0.3, -0.25) is 0 Å². The van der Waals surface area contributed by atoms with Crippen molar-refractivity contribution < 1.29 is 14.3 Å². The van der Waals surface area contributed by atoms with Gasteiger partial charge in [0.15, 0.2) is 0 Å². The van der Waals surface area contributed by atoms with E-state index in [1.165, 1.54) is 0 Å². The van der Waals surface area contributed by atoms with E-state index in [-0.39, 0.29) is 30.0 Å². The molecule has 1 N–H and O–H groups in total. The molecule has 1 aliphatic rings. The monoisotopic (exact) mass is 285 g/mol. The predicted molar refractivity (Wildman–Crippen MR) is 76.0 cm³/mol. The predicted octanol–water partition coefficient (Wildman–Crippen LogP) is 3.23. The van der Waals surface area contributed by atoms with Crippen LogP contribution in [-0.4, -0.2) is 19.8 Å². The first-order valence-electron chi connectivity index (χ1n) is 6.02. The molecule has 0 unspecified atom stereocenters. The summed E-state index contributed by atoms with van der Waals surface area (Å²) in [6.07, 6.45) is -0.362. The number of carbonyl (C=O) groups is 1. The molecule has 0 aliphatic carbocycles. The summed E-state index contributed by atoms with van der Waals surface area (Å²) in [6.45, 7) is 6.56. The first-order valence-corrected chi connectivity index (χ1v) is 6.02. The standard InChI is InChI=1S/C14H19NO3.ClH/c1-9-5-6-10(7-11(9)17-4)12-14(2,3)8-18-13(16)15-12;/h5-7,12H,8H2,1-4H3,(H,15,16);1H/t12-;/m1./s1. The molecule has 1 atom stereocenters. The normalized spacial score (nSPS) is 20.8. The van der Waals surface area contributed by atoms with Gasteiger partial charge in [-0.25, -0.2) is 4.79 Å². The second kappa shape index (κ2) is 5.70. The zero-order valence-corrected chi connectivity index (χ0v) is 12.5. The smallest absolute Gasteiger partial charge is 0.407 e. The van der Waals surface area contributed by atoms with E-state index in [2.05, 4.69) is 19.2 Å². The summed E-state index contributed by atoms with van der Waals surface area (Å²) in [6, 6.07) is 5.95. The Hall–Kier alpha value is -1.42. The number of methoxy groups -OCH3 is 1. The van der Waals surface area contributed by atoms with Gasteiger partial charge in [0.25, 0.3) is 0 Å². The minimum Gasteiger partial charge on any atom is -0.496 e. The highest BCUT2D eigenvalue weighted by Crippen LogP contribution is 2.37. The zero-order chi connectivity index (χ0) is 13.3. The molecule has 1 heterocycles. The van der Waals surface area contributed by atoms with Crippen LogP contribution in [0.2, 0.25) is 0 Å². The van der Waals surface area contributed by atoms with Gasteiger partial charge >= 0.3 is 6.09 Å². The summed E-state index contributed by atoms with van der Waals surface area (Å²) in [5.74, 6) is 0.837. The van der Waals surface area contributed by atoms with Crippen molar-refractivity contribution in [3.05, 3.63) is 29.3 Å². The average Bonchev–Trinajstić information content (AvgIpc) is 2.33. The highest BCUT2D eigenvalue weighted by molar-refractivity contribution is 5.85. The van der Waals surface area contributed by atoms with Crippen molar-refractivity contribution in [1.82, 2.24) is 5.32 Å². The third-order valence-electron chi connectivity index (χ3n) is 3.38. The van der Waals surface area contributed by atoms with Gasteiger partial charge in [0.2, 0.25) is 0 Å². The van der Waals surface area contributed by atoms with Gasteiger partial charge in [0.1, 0.15) is 12.4 Å². The van der Waals surface area contributed by atoms with Gasteiger partial charge in [-0.1, -0.05) is 26.0 Å². The SMILES string of the molecule is COc1cc([C@H]2NC(=O)OCC2(C)C)ccc1C.Cl. The highest BCUT2D eigenvalue weighted by atomic mass is 35.5. The molecule has 106 valence electrons.